The van der Waals surface area contributed by atoms with Crippen LogP contribution in [0.4, 0.5) is 4.39 Å². The zero-order chi connectivity index (χ0) is 17.8. The summed E-state index contributed by atoms with van der Waals surface area (Å²) in [5.41, 5.74) is 0.774. The Morgan fingerprint density at radius 2 is 1.88 bits per heavy atom. The molecule has 0 saturated heterocycles. The van der Waals surface area contributed by atoms with E-state index >= 15 is 0 Å². The van der Waals surface area contributed by atoms with Crippen LogP contribution in [0, 0.1) is 23.6 Å². The van der Waals surface area contributed by atoms with Crippen LogP contribution in [-0.2, 0) is 0 Å². The predicted molar refractivity (Wildman–Crippen MR) is 98.4 cm³/mol. The summed E-state index contributed by atoms with van der Waals surface area (Å²) in [5.74, 6) is 1.35. The van der Waals surface area contributed by atoms with Gasteiger partial charge in [-0.15, -0.1) is 0 Å². The molecule has 0 aromatic heterocycles. The molecule has 25 heavy (non-hydrogen) atoms. The standard InChI is InChI=1S/C22H31FO2/c1-2-3-4-5-15-6-7-17-13-18(9-8-16(17)12-15)20-11-10-19(22(24)25)14-21(20)23/h10-11,14-18H,2-9,12-13H2,1H3,(H,24,25). The first-order chi connectivity index (χ1) is 12.1. The minimum absolute atomic E-state index is 0.0440. The lowest BCUT2D eigenvalue weighted by atomic mass is 9.63. The number of rotatable bonds is 6. The molecule has 2 fully saturated rings. The van der Waals surface area contributed by atoms with Crippen molar-refractivity contribution in [3.8, 4) is 0 Å². The minimum atomic E-state index is -1.06. The third-order valence-corrected chi connectivity index (χ3v) is 6.62. The SMILES string of the molecule is CCCCCC1CCC2CC(c3ccc(C(=O)O)cc3F)CCC2C1. The number of hydrogen-bond acceptors (Lipinski definition) is 1. The van der Waals surface area contributed by atoms with Crippen molar-refractivity contribution in [1.82, 2.24) is 0 Å². The second-order valence-electron chi connectivity index (χ2n) is 8.25. The van der Waals surface area contributed by atoms with Crippen LogP contribution in [0.2, 0.25) is 0 Å². The molecule has 4 unspecified atom stereocenters. The van der Waals surface area contributed by atoms with Gasteiger partial charge in [-0.2, -0.15) is 0 Å². The van der Waals surface area contributed by atoms with Gasteiger partial charge in [0.25, 0.3) is 0 Å². The Hall–Kier alpha value is -1.38. The number of halogens is 1. The van der Waals surface area contributed by atoms with Gasteiger partial charge in [-0.3, -0.25) is 0 Å². The van der Waals surface area contributed by atoms with Gasteiger partial charge in [0.05, 0.1) is 5.56 Å². The number of benzene rings is 1. The number of fused-ring (bicyclic) bond motifs is 1. The number of carbonyl (C=O) groups is 1. The summed E-state index contributed by atoms with van der Waals surface area (Å²) < 4.78 is 14.4. The van der Waals surface area contributed by atoms with Crippen molar-refractivity contribution in [1.29, 1.82) is 0 Å². The van der Waals surface area contributed by atoms with E-state index in [4.69, 9.17) is 5.11 Å². The van der Waals surface area contributed by atoms with E-state index in [0.717, 1.165) is 36.2 Å². The highest BCUT2D eigenvalue weighted by Gasteiger charge is 2.36. The summed E-state index contributed by atoms with van der Waals surface area (Å²) in [5, 5.41) is 9.00. The molecule has 3 rings (SSSR count). The van der Waals surface area contributed by atoms with Gasteiger partial charge >= 0.3 is 5.97 Å². The van der Waals surface area contributed by atoms with Crippen molar-refractivity contribution >= 4 is 5.97 Å². The Morgan fingerprint density at radius 1 is 1.12 bits per heavy atom. The van der Waals surface area contributed by atoms with Crippen LogP contribution in [-0.4, -0.2) is 11.1 Å². The van der Waals surface area contributed by atoms with Crippen LogP contribution < -0.4 is 0 Å². The van der Waals surface area contributed by atoms with E-state index in [0.29, 0.717) is 0 Å². The maximum absolute atomic E-state index is 14.4. The quantitative estimate of drug-likeness (QED) is 0.605. The summed E-state index contributed by atoms with van der Waals surface area (Å²) in [4.78, 5) is 11.0. The summed E-state index contributed by atoms with van der Waals surface area (Å²) in [7, 11) is 0. The molecule has 1 N–H and O–H groups in total. The second-order valence-corrected chi connectivity index (χ2v) is 8.25. The lowest BCUT2D eigenvalue weighted by Gasteiger charge is -2.42. The molecule has 138 valence electrons. The van der Waals surface area contributed by atoms with Gasteiger partial charge < -0.3 is 5.11 Å². The van der Waals surface area contributed by atoms with Gasteiger partial charge in [0.1, 0.15) is 5.82 Å². The fourth-order valence-corrected chi connectivity index (χ4v) is 5.21. The summed E-state index contributed by atoms with van der Waals surface area (Å²) in [6.07, 6.45) is 12.8. The third-order valence-electron chi connectivity index (χ3n) is 6.62. The fourth-order valence-electron chi connectivity index (χ4n) is 5.21. The molecule has 0 amide bonds. The van der Waals surface area contributed by atoms with E-state index in [1.54, 1.807) is 12.1 Å². The highest BCUT2D eigenvalue weighted by atomic mass is 19.1. The normalized spacial score (nSPS) is 29.2. The lowest BCUT2D eigenvalue weighted by Crippen LogP contribution is -2.30. The first-order valence-corrected chi connectivity index (χ1v) is 10.1. The summed E-state index contributed by atoms with van der Waals surface area (Å²) in [6, 6.07) is 4.45. The Bertz CT molecular complexity index is 598. The Balaban J connectivity index is 1.58. The van der Waals surface area contributed by atoms with Crippen molar-refractivity contribution < 1.29 is 14.3 Å². The lowest BCUT2D eigenvalue weighted by molar-refractivity contribution is 0.0696. The maximum Gasteiger partial charge on any atom is 0.335 e. The molecule has 0 spiro atoms. The number of hydrogen-bond donors (Lipinski definition) is 1. The molecule has 0 bridgehead atoms. The smallest absolute Gasteiger partial charge is 0.335 e. The Morgan fingerprint density at radius 3 is 2.60 bits per heavy atom. The van der Waals surface area contributed by atoms with E-state index in [1.165, 1.54) is 57.4 Å². The van der Waals surface area contributed by atoms with Gasteiger partial charge in [0.2, 0.25) is 0 Å². The zero-order valence-corrected chi connectivity index (χ0v) is 15.3. The average molecular weight is 346 g/mol. The number of carboxylic acid groups (broad SMARTS) is 1. The molecule has 2 aliphatic carbocycles. The fraction of sp³-hybridized carbons (Fsp3) is 0.682. The van der Waals surface area contributed by atoms with Crippen LogP contribution in [0.5, 0.6) is 0 Å². The molecular weight excluding hydrogens is 315 g/mol. The topological polar surface area (TPSA) is 37.3 Å². The van der Waals surface area contributed by atoms with Gasteiger partial charge in [0, 0.05) is 0 Å². The predicted octanol–water partition coefficient (Wildman–Crippen LogP) is 6.40. The van der Waals surface area contributed by atoms with Gasteiger partial charge in [-0.1, -0.05) is 45.1 Å². The van der Waals surface area contributed by atoms with Crippen LogP contribution in [0.15, 0.2) is 18.2 Å². The van der Waals surface area contributed by atoms with E-state index < -0.39 is 5.97 Å². The zero-order valence-electron chi connectivity index (χ0n) is 15.3. The van der Waals surface area contributed by atoms with Gasteiger partial charge in [0.15, 0.2) is 0 Å². The number of carboxylic acids is 1. The van der Waals surface area contributed by atoms with Crippen molar-refractivity contribution in [2.45, 2.75) is 77.0 Å². The van der Waals surface area contributed by atoms with Gasteiger partial charge in [-0.25, -0.2) is 9.18 Å². The van der Waals surface area contributed by atoms with Crippen LogP contribution in [0.25, 0.3) is 0 Å². The molecule has 1 aromatic carbocycles. The largest absolute Gasteiger partial charge is 0.478 e. The average Bonchev–Trinajstić information content (AvgIpc) is 2.61. The summed E-state index contributed by atoms with van der Waals surface area (Å²) >= 11 is 0. The summed E-state index contributed by atoms with van der Waals surface area (Å²) in [6.45, 7) is 2.26. The van der Waals surface area contributed by atoms with E-state index in [1.807, 2.05) is 0 Å². The van der Waals surface area contributed by atoms with Crippen molar-refractivity contribution in [3.63, 3.8) is 0 Å². The van der Waals surface area contributed by atoms with Crippen LogP contribution in [0.1, 0.15) is 93.0 Å². The monoisotopic (exact) mass is 346 g/mol. The molecule has 2 nitrogen and oxygen atoms in total. The maximum atomic E-state index is 14.4. The van der Waals surface area contributed by atoms with Crippen molar-refractivity contribution in [2.75, 3.05) is 0 Å². The molecule has 2 saturated carbocycles. The second kappa shape index (κ2) is 8.33. The molecule has 0 heterocycles. The minimum Gasteiger partial charge on any atom is -0.478 e. The van der Waals surface area contributed by atoms with Gasteiger partial charge in [-0.05, 0) is 73.5 Å². The van der Waals surface area contributed by atoms with E-state index in [-0.39, 0.29) is 17.3 Å². The molecule has 2 aliphatic rings. The van der Waals surface area contributed by atoms with E-state index in [2.05, 4.69) is 6.92 Å². The van der Waals surface area contributed by atoms with Crippen LogP contribution in [0.3, 0.4) is 0 Å². The first-order valence-electron chi connectivity index (χ1n) is 10.1. The molecule has 3 heteroatoms. The number of aromatic carboxylic acids is 1. The molecule has 0 aliphatic heterocycles. The third kappa shape index (κ3) is 4.43. The Kier molecular flexibility index (Phi) is 6.14. The Labute approximate surface area is 150 Å². The first kappa shape index (κ1) is 18.4. The van der Waals surface area contributed by atoms with Crippen molar-refractivity contribution in [3.05, 3.63) is 35.1 Å². The molecule has 4 atom stereocenters. The molecule has 1 aromatic rings. The highest BCUT2D eigenvalue weighted by molar-refractivity contribution is 5.87. The highest BCUT2D eigenvalue weighted by Crippen LogP contribution is 2.48. The van der Waals surface area contributed by atoms with E-state index in [9.17, 15) is 9.18 Å². The molecule has 0 radical (unpaired) electrons. The number of unbranched alkanes of at least 4 members (excludes halogenated alkanes) is 2. The van der Waals surface area contributed by atoms with Crippen molar-refractivity contribution in [2.24, 2.45) is 17.8 Å². The molecular formula is C22H31FO2. The van der Waals surface area contributed by atoms with Crippen LogP contribution >= 0.6 is 0 Å².